The second-order valence-electron chi connectivity index (χ2n) is 7.26. The van der Waals surface area contributed by atoms with E-state index >= 15 is 0 Å². The van der Waals surface area contributed by atoms with Gasteiger partial charge in [-0.05, 0) is 37.0 Å². The third-order valence-corrected chi connectivity index (χ3v) is 5.42. The van der Waals surface area contributed by atoms with Gasteiger partial charge >= 0.3 is 0 Å². The Bertz CT molecular complexity index is 750. The van der Waals surface area contributed by atoms with Gasteiger partial charge in [0.05, 0.1) is 24.0 Å². The summed E-state index contributed by atoms with van der Waals surface area (Å²) in [6.07, 6.45) is 9.50. The Morgan fingerprint density at radius 3 is 2.73 bits per heavy atom. The molecule has 2 aliphatic rings. The van der Waals surface area contributed by atoms with E-state index in [1.165, 1.54) is 19.3 Å². The topological polar surface area (TPSA) is 75.1 Å². The maximum Gasteiger partial charge on any atom is 0.230 e. The Morgan fingerprint density at radius 1 is 1.19 bits per heavy atom. The van der Waals surface area contributed by atoms with E-state index in [0.29, 0.717) is 12.4 Å². The summed E-state index contributed by atoms with van der Waals surface area (Å²) < 4.78 is 1.78. The zero-order valence-electron chi connectivity index (χ0n) is 15.2. The van der Waals surface area contributed by atoms with Crippen LogP contribution >= 0.6 is 0 Å². The van der Waals surface area contributed by atoms with Crippen molar-refractivity contribution < 1.29 is 4.79 Å². The number of aromatic nitrogens is 3. The molecule has 4 rings (SSSR count). The van der Waals surface area contributed by atoms with Gasteiger partial charge in [-0.15, -0.1) is 0 Å². The molecule has 0 radical (unpaired) electrons. The highest BCUT2D eigenvalue weighted by Gasteiger charge is 2.34. The molecule has 0 saturated carbocycles. The van der Waals surface area contributed by atoms with E-state index in [1.807, 2.05) is 31.7 Å². The van der Waals surface area contributed by atoms with Crippen LogP contribution in [-0.4, -0.2) is 46.9 Å². The highest BCUT2D eigenvalue weighted by molar-refractivity contribution is 5.92. The molecule has 0 bridgehead atoms. The number of carbonyl (C=O) groups excluding carboxylic acids is 1. The van der Waals surface area contributed by atoms with E-state index in [9.17, 15) is 4.79 Å². The average Bonchev–Trinajstić information content (AvgIpc) is 3.32. The fourth-order valence-electron chi connectivity index (χ4n) is 3.95. The third kappa shape index (κ3) is 3.58. The number of hydrogen-bond acceptors (Lipinski definition) is 5. The van der Waals surface area contributed by atoms with Gasteiger partial charge in [0, 0.05) is 45.3 Å². The number of aryl methyl sites for hydroxylation is 1. The smallest absolute Gasteiger partial charge is 0.230 e. The van der Waals surface area contributed by atoms with Gasteiger partial charge in [0.15, 0.2) is 0 Å². The van der Waals surface area contributed by atoms with Gasteiger partial charge in [0.25, 0.3) is 0 Å². The molecule has 2 aliphatic heterocycles. The number of anilines is 2. The molecule has 0 aromatic carbocycles. The number of piperidine rings is 1. The summed E-state index contributed by atoms with van der Waals surface area (Å²) in [5.41, 5.74) is 2.24. The summed E-state index contributed by atoms with van der Waals surface area (Å²) in [4.78, 5) is 19.6. The number of pyridine rings is 1. The lowest BCUT2D eigenvalue weighted by Gasteiger charge is -2.28. The summed E-state index contributed by atoms with van der Waals surface area (Å²) >= 11 is 0. The molecule has 4 heterocycles. The minimum atomic E-state index is -0.109. The van der Waals surface area contributed by atoms with E-state index in [2.05, 4.69) is 31.7 Å². The molecule has 7 nitrogen and oxygen atoms in total. The molecule has 2 aromatic rings. The maximum atomic E-state index is 12.8. The Balaban J connectivity index is 1.40. The van der Waals surface area contributed by atoms with Crippen molar-refractivity contribution in [3.63, 3.8) is 0 Å². The van der Waals surface area contributed by atoms with Gasteiger partial charge in [0.2, 0.25) is 5.91 Å². The molecule has 2 atom stereocenters. The lowest BCUT2D eigenvalue weighted by molar-refractivity contribution is -0.119. The quantitative estimate of drug-likeness (QED) is 0.875. The Morgan fingerprint density at radius 2 is 2.04 bits per heavy atom. The monoisotopic (exact) mass is 354 g/mol. The Hall–Kier alpha value is -2.41. The first-order chi connectivity index (χ1) is 12.7. The lowest BCUT2D eigenvalue weighted by Crippen LogP contribution is -2.30. The molecule has 2 aromatic heterocycles. The van der Waals surface area contributed by atoms with Crippen molar-refractivity contribution in [2.75, 3.05) is 36.4 Å². The van der Waals surface area contributed by atoms with Crippen molar-refractivity contribution >= 4 is 17.4 Å². The van der Waals surface area contributed by atoms with Crippen LogP contribution in [0.1, 0.15) is 30.7 Å². The van der Waals surface area contributed by atoms with Gasteiger partial charge in [-0.2, -0.15) is 5.10 Å². The van der Waals surface area contributed by atoms with Crippen molar-refractivity contribution in [2.24, 2.45) is 13.0 Å². The highest BCUT2D eigenvalue weighted by Crippen LogP contribution is 2.29. The van der Waals surface area contributed by atoms with Crippen LogP contribution in [-0.2, 0) is 11.8 Å². The highest BCUT2D eigenvalue weighted by atomic mass is 16.2. The normalized spacial score (nSPS) is 23.2. The standard InChI is InChI=1S/C19H26N6O/c1-24-13-14(9-22-24)16-11-20-12-17(16)19(26)23-18-6-5-15(10-21-18)25-7-3-2-4-8-25/h5-6,9-10,13,16-17,20H,2-4,7-8,11-12H2,1H3,(H,21,23,26)/t16-,17+/m1/s1. The van der Waals surface area contributed by atoms with Crippen LogP contribution in [0.3, 0.4) is 0 Å². The molecule has 26 heavy (non-hydrogen) atoms. The van der Waals surface area contributed by atoms with Crippen LogP contribution in [0.2, 0.25) is 0 Å². The Labute approximate surface area is 153 Å². The van der Waals surface area contributed by atoms with Crippen LogP contribution in [0.15, 0.2) is 30.7 Å². The minimum absolute atomic E-state index is 0.0158. The number of rotatable bonds is 4. The van der Waals surface area contributed by atoms with Crippen molar-refractivity contribution in [1.29, 1.82) is 0 Å². The lowest BCUT2D eigenvalue weighted by atomic mass is 9.90. The average molecular weight is 354 g/mol. The minimum Gasteiger partial charge on any atom is -0.370 e. The Kier molecular flexibility index (Phi) is 4.88. The van der Waals surface area contributed by atoms with Crippen molar-refractivity contribution in [3.8, 4) is 0 Å². The van der Waals surface area contributed by atoms with E-state index in [1.54, 1.807) is 4.68 Å². The summed E-state index contributed by atoms with van der Waals surface area (Å²) in [7, 11) is 1.90. The van der Waals surface area contributed by atoms with Gasteiger partial charge < -0.3 is 15.5 Å². The first-order valence-electron chi connectivity index (χ1n) is 9.42. The van der Waals surface area contributed by atoms with Gasteiger partial charge in [-0.25, -0.2) is 4.98 Å². The first kappa shape index (κ1) is 17.0. The van der Waals surface area contributed by atoms with E-state index in [-0.39, 0.29) is 17.7 Å². The van der Waals surface area contributed by atoms with Gasteiger partial charge in [-0.1, -0.05) is 0 Å². The third-order valence-electron chi connectivity index (χ3n) is 5.42. The second-order valence-corrected chi connectivity index (χ2v) is 7.26. The molecule has 138 valence electrons. The van der Waals surface area contributed by atoms with E-state index < -0.39 is 0 Å². The molecule has 2 fully saturated rings. The molecule has 1 amide bonds. The van der Waals surface area contributed by atoms with Crippen LogP contribution < -0.4 is 15.5 Å². The van der Waals surface area contributed by atoms with E-state index in [0.717, 1.165) is 30.9 Å². The first-order valence-corrected chi connectivity index (χ1v) is 9.42. The van der Waals surface area contributed by atoms with Gasteiger partial charge in [0.1, 0.15) is 5.82 Å². The number of carbonyl (C=O) groups is 1. The molecular weight excluding hydrogens is 328 g/mol. The summed E-state index contributed by atoms with van der Waals surface area (Å²) in [6.45, 7) is 3.66. The van der Waals surface area contributed by atoms with E-state index in [4.69, 9.17) is 0 Å². The summed E-state index contributed by atoms with van der Waals surface area (Å²) in [6, 6.07) is 3.96. The molecule has 0 unspecified atom stereocenters. The van der Waals surface area contributed by atoms with Gasteiger partial charge in [-0.3, -0.25) is 9.48 Å². The fraction of sp³-hybridized carbons (Fsp3) is 0.526. The zero-order valence-corrected chi connectivity index (χ0v) is 15.2. The number of hydrogen-bond donors (Lipinski definition) is 2. The molecular formula is C19H26N6O. The largest absolute Gasteiger partial charge is 0.370 e. The van der Waals surface area contributed by atoms with Crippen molar-refractivity contribution in [1.82, 2.24) is 20.1 Å². The number of amides is 1. The van der Waals surface area contributed by atoms with Crippen molar-refractivity contribution in [2.45, 2.75) is 25.2 Å². The second kappa shape index (κ2) is 7.45. The summed E-state index contributed by atoms with van der Waals surface area (Å²) in [5.74, 6) is 0.675. The predicted molar refractivity (Wildman–Crippen MR) is 101 cm³/mol. The molecule has 7 heteroatoms. The number of nitrogens with one attached hydrogen (secondary N) is 2. The predicted octanol–water partition coefficient (Wildman–Crippen LogP) is 1.75. The molecule has 2 N–H and O–H groups in total. The SMILES string of the molecule is Cn1cc([C@H]2CNC[C@@H]2C(=O)Nc2ccc(N3CCCCC3)cn2)cn1. The molecule has 2 saturated heterocycles. The molecule has 0 spiro atoms. The number of nitrogens with zero attached hydrogens (tertiary/aromatic N) is 4. The van der Waals surface area contributed by atoms with Crippen LogP contribution in [0, 0.1) is 5.92 Å². The van der Waals surface area contributed by atoms with Crippen LogP contribution in [0.25, 0.3) is 0 Å². The van der Waals surface area contributed by atoms with Crippen LogP contribution in [0.4, 0.5) is 11.5 Å². The molecule has 0 aliphatic carbocycles. The van der Waals surface area contributed by atoms with Crippen molar-refractivity contribution in [3.05, 3.63) is 36.3 Å². The maximum absolute atomic E-state index is 12.8. The van der Waals surface area contributed by atoms with Crippen LogP contribution in [0.5, 0.6) is 0 Å². The summed E-state index contributed by atoms with van der Waals surface area (Å²) in [5, 5.41) is 10.5. The fourth-order valence-corrected chi connectivity index (χ4v) is 3.95. The zero-order chi connectivity index (χ0) is 17.9.